The average Bonchev–Trinajstić information content (AvgIpc) is 3.63. The Bertz CT molecular complexity index is 1290. The summed E-state index contributed by atoms with van der Waals surface area (Å²) in [6.07, 6.45) is 4.87. The van der Waals surface area contributed by atoms with E-state index < -0.39 is 10.0 Å². The molecular weight excluding hydrogens is 452 g/mol. The molecular formula is C25H28N4O4S. The van der Waals surface area contributed by atoms with Crippen LogP contribution in [0.1, 0.15) is 54.2 Å². The topological polar surface area (TPSA) is 93.5 Å². The molecule has 1 saturated carbocycles. The number of nitrogens with one attached hydrogen (secondary N) is 1. The van der Waals surface area contributed by atoms with Gasteiger partial charge in [-0.15, -0.1) is 0 Å². The minimum Gasteiger partial charge on any atom is -0.495 e. The number of carbonyl (C=O) groups is 1. The molecule has 0 radical (unpaired) electrons. The Morgan fingerprint density at radius 3 is 2.44 bits per heavy atom. The van der Waals surface area contributed by atoms with Gasteiger partial charge in [0.2, 0.25) is 10.0 Å². The number of carbonyl (C=O) groups excluding carboxylic acids is 1. The van der Waals surface area contributed by atoms with E-state index in [0.29, 0.717) is 36.1 Å². The largest absolute Gasteiger partial charge is 0.495 e. The molecule has 8 nitrogen and oxygen atoms in total. The quantitative estimate of drug-likeness (QED) is 0.547. The molecule has 34 heavy (non-hydrogen) atoms. The molecule has 1 saturated heterocycles. The van der Waals surface area contributed by atoms with Crippen LogP contribution in [-0.2, 0) is 10.0 Å². The highest BCUT2D eigenvalue weighted by atomic mass is 32.2. The van der Waals surface area contributed by atoms with Crippen molar-refractivity contribution in [3.8, 4) is 11.4 Å². The lowest BCUT2D eigenvalue weighted by Crippen LogP contribution is -2.35. The van der Waals surface area contributed by atoms with Gasteiger partial charge in [0.05, 0.1) is 29.1 Å². The highest BCUT2D eigenvalue weighted by Gasteiger charge is 2.30. The van der Waals surface area contributed by atoms with Crippen LogP contribution in [0, 0.1) is 0 Å². The summed E-state index contributed by atoms with van der Waals surface area (Å²) in [6, 6.07) is 15.9. The fourth-order valence-electron chi connectivity index (χ4n) is 4.29. The number of nitrogens with zero attached hydrogens (tertiary/aromatic N) is 3. The standard InChI is InChI=1S/C25H28N4O4S/c1-33-24-13-12-20(34(31,32)28-14-6-3-7-15-28)16-22(24)26-25(30)23-17-21(18-10-11-18)27-29(23)19-8-4-2-5-9-19/h2,4-5,8-9,12-13,16-18H,3,6-7,10-11,14-15H2,1H3,(H,26,30). The fraction of sp³-hybridized carbons (Fsp3) is 0.360. The maximum Gasteiger partial charge on any atom is 0.274 e. The van der Waals surface area contributed by atoms with Crippen molar-refractivity contribution >= 4 is 21.6 Å². The molecule has 1 amide bonds. The molecule has 1 aliphatic carbocycles. The number of para-hydroxylation sites is 1. The third kappa shape index (κ3) is 4.45. The van der Waals surface area contributed by atoms with Crippen LogP contribution in [0.5, 0.6) is 5.75 Å². The highest BCUT2D eigenvalue weighted by Crippen LogP contribution is 2.40. The van der Waals surface area contributed by atoms with Gasteiger partial charge in [0, 0.05) is 19.0 Å². The molecule has 2 aliphatic rings. The lowest BCUT2D eigenvalue weighted by molar-refractivity contribution is 0.101. The van der Waals surface area contributed by atoms with Crippen molar-refractivity contribution in [3.63, 3.8) is 0 Å². The molecule has 2 fully saturated rings. The minimum absolute atomic E-state index is 0.140. The Morgan fingerprint density at radius 2 is 1.76 bits per heavy atom. The van der Waals surface area contributed by atoms with Crippen LogP contribution in [0.25, 0.3) is 5.69 Å². The summed E-state index contributed by atoms with van der Waals surface area (Å²) >= 11 is 0. The molecule has 2 aromatic carbocycles. The van der Waals surface area contributed by atoms with Crippen molar-refractivity contribution in [2.75, 3.05) is 25.5 Å². The SMILES string of the molecule is COc1ccc(S(=O)(=O)N2CCCCC2)cc1NC(=O)c1cc(C2CC2)nn1-c1ccccc1. The maximum absolute atomic E-state index is 13.4. The molecule has 178 valence electrons. The third-order valence-electron chi connectivity index (χ3n) is 6.33. The van der Waals surface area contributed by atoms with Crippen molar-refractivity contribution in [1.29, 1.82) is 0 Å². The Morgan fingerprint density at radius 1 is 1.03 bits per heavy atom. The predicted octanol–water partition coefficient (Wildman–Crippen LogP) is 4.19. The first kappa shape index (κ1) is 22.6. The van der Waals surface area contributed by atoms with Gasteiger partial charge in [-0.2, -0.15) is 9.40 Å². The summed E-state index contributed by atoms with van der Waals surface area (Å²) < 4.78 is 34.9. The van der Waals surface area contributed by atoms with Gasteiger partial charge in [0.25, 0.3) is 5.91 Å². The molecule has 1 aliphatic heterocycles. The maximum atomic E-state index is 13.4. The molecule has 0 bridgehead atoms. The molecule has 0 spiro atoms. The zero-order valence-corrected chi connectivity index (χ0v) is 19.9. The fourth-order valence-corrected chi connectivity index (χ4v) is 5.84. The number of anilines is 1. The predicted molar refractivity (Wildman–Crippen MR) is 129 cm³/mol. The van der Waals surface area contributed by atoms with Gasteiger partial charge in [-0.3, -0.25) is 4.79 Å². The second-order valence-corrected chi connectivity index (χ2v) is 10.7. The summed E-state index contributed by atoms with van der Waals surface area (Å²) in [6.45, 7) is 1.02. The summed E-state index contributed by atoms with van der Waals surface area (Å²) in [5, 5.41) is 7.56. The molecule has 3 aromatic rings. The Labute approximate surface area is 199 Å². The van der Waals surface area contributed by atoms with Crippen molar-refractivity contribution < 1.29 is 17.9 Å². The third-order valence-corrected chi connectivity index (χ3v) is 8.22. The van der Waals surface area contributed by atoms with Crippen LogP contribution in [0.15, 0.2) is 59.5 Å². The Balaban J connectivity index is 1.47. The first-order valence-electron chi connectivity index (χ1n) is 11.6. The lowest BCUT2D eigenvalue weighted by atomic mass is 10.2. The van der Waals surface area contributed by atoms with Crippen LogP contribution in [-0.4, -0.2) is 48.6 Å². The molecule has 1 aromatic heterocycles. The zero-order valence-electron chi connectivity index (χ0n) is 19.1. The second-order valence-electron chi connectivity index (χ2n) is 8.76. The van der Waals surface area contributed by atoms with Crippen molar-refractivity contribution in [1.82, 2.24) is 14.1 Å². The van der Waals surface area contributed by atoms with Crippen LogP contribution >= 0.6 is 0 Å². The molecule has 2 heterocycles. The van der Waals surface area contributed by atoms with E-state index in [0.717, 1.165) is 43.5 Å². The smallest absolute Gasteiger partial charge is 0.274 e. The number of aromatic nitrogens is 2. The monoisotopic (exact) mass is 480 g/mol. The van der Waals surface area contributed by atoms with Gasteiger partial charge in [-0.05, 0) is 62.1 Å². The number of hydrogen-bond acceptors (Lipinski definition) is 5. The van der Waals surface area contributed by atoms with Crippen LogP contribution < -0.4 is 10.1 Å². The number of hydrogen-bond donors (Lipinski definition) is 1. The summed E-state index contributed by atoms with van der Waals surface area (Å²) in [5.74, 6) is 0.386. The van der Waals surface area contributed by atoms with E-state index in [-0.39, 0.29) is 10.8 Å². The normalized spacial score (nSPS) is 16.9. The summed E-state index contributed by atoms with van der Waals surface area (Å²) in [5.41, 5.74) is 2.37. The van der Waals surface area contributed by atoms with E-state index in [1.807, 2.05) is 36.4 Å². The number of sulfonamides is 1. The van der Waals surface area contributed by atoms with Gasteiger partial charge in [-0.25, -0.2) is 13.1 Å². The number of amides is 1. The molecule has 0 unspecified atom stereocenters. The number of benzene rings is 2. The van der Waals surface area contributed by atoms with Crippen molar-refractivity contribution in [3.05, 3.63) is 66.0 Å². The minimum atomic E-state index is -3.65. The second kappa shape index (κ2) is 9.23. The first-order valence-corrected chi connectivity index (χ1v) is 13.1. The van der Waals surface area contributed by atoms with Gasteiger partial charge in [-0.1, -0.05) is 24.6 Å². The molecule has 5 rings (SSSR count). The molecule has 0 atom stereocenters. The number of piperidine rings is 1. The Hall–Kier alpha value is -3.17. The van der Waals surface area contributed by atoms with Crippen LogP contribution in [0.4, 0.5) is 5.69 Å². The highest BCUT2D eigenvalue weighted by molar-refractivity contribution is 7.89. The van der Waals surface area contributed by atoms with Crippen molar-refractivity contribution in [2.45, 2.75) is 42.9 Å². The summed E-state index contributed by atoms with van der Waals surface area (Å²) in [7, 11) is -2.16. The van der Waals surface area contributed by atoms with Gasteiger partial charge in [0.1, 0.15) is 11.4 Å². The number of ether oxygens (including phenoxy) is 1. The number of rotatable bonds is 7. The Kier molecular flexibility index (Phi) is 6.14. The summed E-state index contributed by atoms with van der Waals surface area (Å²) in [4.78, 5) is 13.5. The van der Waals surface area contributed by atoms with Crippen LogP contribution in [0.2, 0.25) is 0 Å². The first-order chi connectivity index (χ1) is 16.5. The lowest BCUT2D eigenvalue weighted by Gasteiger charge is -2.26. The van der Waals surface area contributed by atoms with Gasteiger partial charge in [0.15, 0.2) is 0 Å². The van der Waals surface area contributed by atoms with Crippen LogP contribution in [0.3, 0.4) is 0 Å². The number of methoxy groups -OCH3 is 1. The van der Waals surface area contributed by atoms with E-state index in [4.69, 9.17) is 4.74 Å². The van der Waals surface area contributed by atoms with E-state index in [1.54, 1.807) is 10.7 Å². The van der Waals surface area contributed by atoms with Gasteiger partial charge < -0.3 is 10.1 Å². The van der Waals surface area contributed by atoms with E-state index in [1.165, 1.54) is 23.5 Å². The zero-order chi connectivity index (χ0) is 23.7. The van der Waals surface area contributed by atoms with E-state index >= 15 is 0 Å². The van der Waals surface area contributed by atoms with Gasteiger partial charge >= 0.3 is 0 Å². The van der Waals surface area contributed by atoms with E-state index in [9.17, 15) is 13.2 Å². The average molecular weight is 481 g/mol. The molecule has 1 N–H and O–H groups in total. The van der Waals surface area contributed by atoms with Crippen molar-refractivity contribution in [2.24, 2.45) is 0 Å². The molecule has 9 heteroatoms. The van der Waals surface area contributed by atoms with E-state index in [2.05, 4.69) is 10.4 Å².